The van der Waals surface area contributed by atoms with E-state index in [0.717, 1.165) is 27.5 Å². The number of carbonyl (C=O) groups is 1. The van der Waals surface area contributed by atoms with E-state index in [0.29, 0.717) is 17.1 Å². The summed E-state index contributed by atoms with van der Waals surface area (Å²) in [5.74, 6) is 0.416. The summed E-state index contributed by atoms with van der Waals surface area (Å²) < 4.78 is 6.45. The van der Waals surface area contributed by atoms with Gasteiger partial charge in [0.05, 0.1) is 29.4 Å². The van der Waals surface area contributed by atoms with Crippen molar-refractivity contribution in [1.82, 2.24) is 14.8 Å². The van der Waals surface area contributed by atoms with E-state index in [4.69, 9.17) is 16.3 Å². The number of ether oxygens (including phenoxy) is 1. The number of halogens is 1. The molecule has 0 saturated heterocycles. The van der Waals surface area contributed by atoms with Gasteiger partial charge >= 0.3 is 0 Å². The highest BCUT2D eigenvalue weighted by Crippen LogP contribution is 2.34. The van der Waals surface area contributed by atoms with E-state index in [1.54, 1.807) is 36.6 Å². The van der Waals surface area contributed by atoms with Gasteiger partial charge in [0.25, 0.3) is 11.5 Å². The van der Waals surface area contributed by atoms with Crippen molar-refractivity contribution in [3.8, 4) is 17.0 Å². The van der Waals surface area contributed by atoms with Crippen LogP contribution in [0.5, 0.6) is 5.75 Å². The standard InChI is InChI=1S/C26H21ClN4O3S/c1-34-20-10-6-18(7-11-20)23-15-22(24-3-2-14-35-24)29-31(23)26(33)16-30-25(32)13-12-21(28-30)17-4-8-19(27)9-5-17/h2-14,23H,15-16H2,1H3. The minimum Gasteiger partial charge on any atom is -0.497 e. The summed E-state index contributed by atoms with van der Waals surface area (Å²) >= 11 is 7.56. The molecule has 1 atom stereocenters. The highest BCUT2D eigenvalue weighted by atomic mass is 35.5. The predicted molar refractivity (Wildman–Crippen MR) is 137 cm³/mol. The molecule has 35 heavy (non-hydrogen) atoms. The third-order valence-electron chi connectivity index (χ3n) is 5.76. The van der Waals surface area contributed by atoms with E-state index >= 15 is 0 Å². The molecular formula is C26H21ClN4O3S. The number of hydrazone groups is 1. The first kappa shape index (κ1) is 23.0. The van der Waals surface area contributed by atoms with Gasteiger partial charge in [-0.3, -0.25) is 9.59 Å². The number of benzene rings is 2. The molecule has 1 amide bonds. The third-order valence-corrected chi connectivity index (χ3v) is 6.93. The van der Waals surface area contributed by atoms with E-state index in [-0.39, 0.29) is 24.1 Å². The number of aromatic nitrogens is 2. The van der Waals surface area contributed by atoms with Crippen molar-refractivity contribution in [1.29, 1.82) is 0 Å². The lowest BCUT2D eigenvalue weighted by molar-refractivity contribution is -0.133. The van der Waals surface area contributed by atoms with Crippen LogP contribution in [0.4, 0.5) is 0 Å². The summed E-state index contributed by atoms with van der Waals surface area (Å²) in [6, 6.07) is 21.4. The maximum atomic E-state index is 13.5. The molecule has 9 heteroatoms. The zero-order chi connectivity index (χ0) is 24.4. The quantitative estimate of drug-likeness (QED) is 0.370. The number of hydrogen-bond donors (Lipinski definition) is 0. The van der Waals surface area contributed by atoms with Crippen LogP contribution in [0.3, 0.4) is 0 Å². The fourth-order valence-electron chi connectivity index (χ4n) is 3.95. The Bertz CT molecular complexity index is 1430. The molecule has 0 bridgehead atoms. The fraction of sp³-hybridized carbons (Fsp3) is 0.154. The monoisotopic (exact) mass is 504 g/mol. The molecule has 0 saturated carbocycles. The van der Waals surface area contributed by atoms with Gasteiger partial charge in [0, 0.05) is 23.1 Å². The van der Waals surface area contributed by atoms with E-state index in [1.807, 2.05) is 53.9 Å². The lowest BCUT2D eigenvalue weighted by Gasteiger charge is -2.22. The number of hydrogen-bond acceptors (Lipinski definition) is 6. The van der Waals surface area contributed by atoms with Crippen molar-refractivity contribution in [3.05, 3.63) is 104 Å². The molecule has 4 aromatic rings. The van der Waals surface area contributed by atoms with Gasteiger partial charge in [-0.05, 0) is 47.3 Å². The predicted octanol–water partition coefficient (Wildman–Crippen LogP) is 5.01. The molecule has 2 aromatic carbocycles. The number of carbonyl (C=O) groups excluding carboxylic acids is 1. The largest absolute Gasteiger partial charge is 0.497 e. The van der Waals surface area contributed by atoms with Gasteiger partial charge in [0.2, 0.25) is 0 Å². The van der Waals surface area contributed by atoms with E-state index in [9.17, 15) is 9.59 Å². The average molecular weight is 505 g/mol. The Labute approximate surface area is 210 Å². The number of rotatable bonds is 6. The molecule has 0 spiro atoms. The molecule has 2 aromatic heterocycles. The SMILES string of the molecule is COc1ccc(C2CC(c3cccs3)=NN2C(=O)Cn2nc(-c3ccc(Cl)cc3)ccc2=O)cc1. The Kier molecular flexibility index (Phi) is 6.48. The van der Waals surface area contributed by atoms with Crippen LogP contribution in [0.2, 0.25) is 5.02 Å². The fourth-order valence-corrected chi connectivity index (χ4v) is 4.80. The first-order chi connectivity index (χ1) is 17.0. The van der Waals surface area contributed by atoms with Gasteiger partial charge in [-0.2, -0.15) is 10.2 Å². The zero-order valence-electron chi connectivity index (χ0n) is 18.8. The van der Waals surface area contributed by atoms with E-state index in [1.165, 1.54) is 15.8 Å². The van der Waals surface area contributed by atoms with Crippen LogP contribution in [-0.2, 0) is 11.3 Å². The maximum absolute atomic E-state index is 13.5. The molecule has 1 unspecified atom stereocenters. The molecule has 1 aliphatic rings. The molecule has 0 aliphatic carbocycles. The van der Waals surface area contributed by atoms with Crippen molar-refractivity contribution < 1.29 is 9.53 Å². The van der Waals surface area contributed by atoms with Crippen molar-refractivity contribution in [2.75, 3.05) is 7.11 Å². The van der Waals surface area contributed by atoms with Crippen molar-refractivity contribution in [2.45, 2.75) is 19.0 Å². The van der Waals surface area contributed by atoms with E-state index < -0.39 is 0 Å². The topological polar surface area (TPSA) is 76.8 Å². The zero-order valence-corrected chi connectivity index (χ0v) is 20.4. The second-order valence-electron chi connectivity index (χ2n) is 7.98. The van der Waals surface area contributed by atoms with Crippen molar-refractivity contribution in [2.24, 2.45) is 5.10 Å². The summed E-state index contributed by atoms with van der Waals surface area (Å²) in [7, 11) is 1.61. The summed E-state index contributed by atoms with van der Waals surface area (Å²) in [4.78, 5) is 27.0. The third kappa shape index (κ3) is 4.89. The number of amides is 1. The second-order valence-corrected chi connectivity index (χ2v) is 9.36. The molecule has 3 heterocycles. The highest BCUT2D eigenvalue weighted by Gasteiger charge is 2.33. The van der Waals surface area contributed by atoms with Gasteiger partial charge in [0.15, 0.2) is 0 Å². The lowest BCUT2D eigenvalue weighted by Crippen LogP contribution is -2.34. The molecule has 0 fully saturated rings. The summed E-state index contributed by atoms with van der Waals surface area (Å²) in [5.41, 5.74) is 2.78. The molecular weight excluding hydrogens is 484 g/mol. The molecule has 0 N–H and O–H groups in total. The second kappa shape index (κ2) is 9.85. The van der Waals surface area contributed by atoms with Gasteiger partial charge < -0.3 is 4.74 Å². The summed E-state index contributed by atoms with van der Waals surface area (Å²) in [6.45, 7) is -0.228. The van der Waals surface area contributed by atoms with Gasteiger partial charge in [-0.15, -0.1) is 11.3 Å². The normalized spacial score (nSPS) is 15.2. The first-order valence-corrected chi connectivity index (χ1v) is 12.2. The summed E-state index contributed by atoms with van der Waals surface area (Å²) in [6.07, 6.45) is 0.575. The molecule has 176 valence electrons. The number of methoxy groups -OCH3 is 1. The van der Waals surface area contributed by atoms with Crippen LogP contribution < -0.4 is 10.3 Å². The van der Waals surface area contributed by atoms with Crippen LogP contribution >= 0.6 is 22.9 Å². The smallest absolute Gasteiger partial charge is 0.267 e. The minimum absolute atomic E-state index is 0.228. The highest BCUT2D eigenvalue weighted by molar-refractivity contribution is 7.12. The first-order valence-electron chi connectivity index (χ1n) is 10.9. The minimum atomic E-state index is -0.362. The number of thiophene rings is 1. The lowest BCUT2D eigenvalue weighted by atomic mass is 10.0. The Hall–Kier alpha value is -3.75. The maximum Gasteiger partial charge on any atom is 0.267 e. The van der Waals surface area contributed by atoms with Crippen molar-refractivity contribution in [3.63, 3.8) is 0 Å². The Morgan fingerprint density at radius 2 is 1.86 bits per heavy atom. The molecule has 7 nitrogen and oxygen atoms in total. The Morgan fingerprint density at radius 1 is 1.09 bits per heavy atom. The summed E-state index contributed by atoms with van der Waals surface area (Å²) in [5, 5.41) is 13.2. The van der Waals surface area contributed by atoms with Crippen LogP contribution in [-0.4, -0.2) is 33.5 Å². The van der Waals surface area contributed by atoms with Gasteiger partial charge in [0.1, 0.15) is 12.3 Å². The Balaban J connectivity index is 1.45. The van der Waals surface area contributed by atoms with E-state index in [2.05, 4.69) is 10.2 Å². The number of nitrogens with zero attached hydrogens (tertiary/aromatic N) is 4. The Morgan fingerprint density at radius 3 is 2.54 bits per heavy atom. The van der Waals surface area contributed by atoms with Crippen LogP contribution in [0.15, 0.2) is 88.1 Å². The molecule has 1 aliphatic heterocycles. The van der Waals surface area contributed by atoms with Crippen LogP contribution in [0.25, 0.3) is 11.3 Å². The van der Waals surface area contributed by atoms with Crippen LogP contribution in [0, 0.1) is 0 Å². The molecule has 0 radical (unpaired) electrons. The van der Waals surface area contributed by atoms with Gasteiger partial charge in [-0.1, -0.05) is 41.9 Å². The van der Waals surface area contributed by atoms with Crippen LogP contribution in [0.1, 0.15) is 22.9 Å². The molecule has 5 rings (SSSR count). The van der Waals surface area contributed by atoms with Crippen molar-refractivity contribution >= 4 is 34.6 Å². The average Bonchev–Trinajstić information content (AvgIpc) is 3.56. The van der Waals surface area contributed by atoms with Gasteiger partial charge in [-0.25, -0.2) is 9.69 Å².